The molecule has 0 saturated carbocycles. The number of rotatable bonds is 2. The standard InChI is InChI=1S/C14H19NO2/c1-10-8-15(9-11(2)17-10)14-7-5-4-6-13(14)12(3)16/h4-7,10-11H,8-9H2,1-3H3. The lowest BCUT2D eigenvalue weighted by Crippen LogP contribution is -2.46. The van der Waals surface area contributed by atoms with Gasteiger partial charge in [-0.2, -0.15) is 0 Å². The molecule has 1 aromatic rings. The molecule has 1 aliphatic rings. The monoisotopic (exact) mass is 233 g/mol. The van der Waals surface area contributed by atoms with E-state index in [-0.39, 0.29) is 18.0 Å². The van der Waals surface area contributed by atoms with Crippen molar-refractivity contribution in [2.45, 2.75) is 33.0 Å². The van der Waals surface area contributed by atoms with Crippen molar-refractivity contribution in [1.82, 2.24) is 0 Å². The lowest BCUT2D eigenvalue weighted by atomic mass is 10.1. The van der Waals surface area contributed by atoms with Gasteiger partial charge in [-0.1, -0.05) is 12.1 Å². The van der Waals surface area contributed by atoms with Crippen LogP contribution in [0.5, 0.6) is 0 Å². The fraction of sp³-hybridized carbons (Fsp3) is 0.500. The van der Waals surface area contributed by atoms with E-state index in [0.29, 0.717) is 0 Å². The molecular weight excluding hydrogens is 214 g/mol. The number of para-hydroxylation sites is 1. The van der Waals surface area contributed by atoms with Gasteiger partial charge in [-0.15, -0.1) is 0 Å². The van der Waals surface area contributed by atoms with E-state index in [2.05, 4.69) is 18.7 Å². The average molecular weight is 233 g/mol. The summed E-state index contributed by atoms with van der Waals surface area (Å²) in [5.41, 5.74) is 1.83. The SMILES string of the molecule is CC(=O)c1ccccc1N1CC(C)OC(C)C1. The second kappa shape index (κ2) is 4.88. The molecule has 1 heterocycles. The van der Waals surface area contributed by atoms with Crippen molar-refractivity contribution in [2.24, 2.45) is 0 Å². The molecule has 1 fully saturated rings. The van der Waals surface area contributed by atoms with E-state index >= 15 is 0 Å². The zero-order valence-corrected chi connectivity index (χ0v) is 10.6. The third kappa shape index (κ3) is 2.67. The topological polar surface area (TPSA) is 29.5 Å². The predicted octanol–water partition coefficient (Wildman–Crippen LogP) is 2.50. The van der Waals surface area contributed by atoms with Crippen LogP contribution in [0.3, 0.4) is 0 Å². The van der Waals surface area contributed by atoms with Gasteiger partial charge in [0.2, 0.25) is 0 Å². The van der Waals surface area contributed by atoms with Crippen LogP contribution in [0.15, 0.2) is 24.3 Å². The maximum atomic E-state index is 11.6. The molecule has 17 heavy (non-hydrogen) atoms. The summed E-state index contributed by atoms with van der Waals surface area (Å²) in [5.74, 6) is 0.118. The highest BCUT2D eigenvalue weighted by atomic mass is 16.5. The lowest BCUT2D eigenvalue weighted by Gasteiger charge is -2.37. The van der Waals surface area contributed by atoms with Crippen molar-refractivity contribution in [2.75, 3.05) is 18.0 Å². The minimum Gasteiger partial charge on any atom is -0.372 e. The molecule has 3 heteroatoms. The third-order valence-corrected chi connectivity index (χ3v) is 3.04. The number of anilines is 1. The van der Waals surface area contributed by atoms with Crippen molar-refractivity contribution in [3.05, 3.63) is 29.8 Å². The number of morpholine rings is 1. The minimum atomic E-state index is 0.118. The summed E-state index contributed by atoms with van der Waals surface area (Å²) in [6.07, 6.45) is 0.414. The van der Waals surface area contributed by atoms with Gasteiger partial charge in [0.25, 0.3) is 0 Å². The molecule has 0 aromatic heterocycles. The molecule has 0 N–H and O–H groups in total. The van der Waals surface area contributed by atoms with Crippen molar-refractivity contribution >= 4 is 11.5 Å². The Morgan fingerprint density at radius 3 is 2.41 bits per heavy atom. The Balaban J connectivity index is 2.30. The Morgan fingerprint density at radius 1 is 1.24 bits per heavy atom. The molecule has 0 aliphatic carbocycles. The van der Waals surface area contributed by atoms with Crippen LogP contribution >= 0.6 is 0 Å². The van der Waals surface area contributed by atoms with Gasteiger partial charge in [-0.25, -0.2) is 0 Å². The summed E-state index contributed by atoms with van der Waals surface area (Å²) >= 11 is 0. The second-order valence-corrected chi connectivity index (χ2v) is 4.74. The summed E-state index contributed by atoms with van der Waals surface area (Å²) in [7, 11) is 0. The molecule has 3 nitrogen and oxygen atoms in total. The summed E-state index contributed by atoms with van der Waals surface area (Å²) in [4.78, 5) is 13.9. The maximum Gasteiger partial charge on any atom is 0.161 e. The van der Waals surface area contributed by atoms with Gasteiger partial charge in [0.15, 0.2) is 5.78 Å². The summed E-state index contributed by atoms with van der Waals surface area (Å²) in [5, 5.41) is 0. The highest BCUT2D eigenvalue weighted by Gasteiger charge is 2.24. The van der Waals surface area contributed by atoms with Crippen LogP contribution in [0, 0.1) is 0 Å². The Kier molecular flexibility index (Phi) is 3.48. The molecular formula is C14H19NO2. The van der Waals surface area contributed by atoms with Gasteiger partial charge in [0, 0.05) is 24.3 Å². The van der Waals surface area contributed by atoms with Crippen LogP contribution in [0.2, 0.25) is 0 Å². The minimum absolute atomic E-state index is 0.118. The van der Waals surface area contributed by atoms with Gasteiger partial charge in [0.1, 0.15) is 0 Å². The van der Waals surface area contributed by atoms with Crippen LogP contribution in [0.1, 0.15) is 31.1 Å². The molecule has 2 unspecified atom stereocenters. The number of carbonyl (C=O) groups excluding carboxylic acids is 1. The number of nitrogens with zero attached hydrogens (tertiary/aromatic N) is 1. The van der Waals surface area contributed by atoms with E-state index in [0.717, 1.165) is 24.3 Å². The quantitative estimate of drug-likeness (QED) is 0.735. The number of ketones is 1. The van der Waals surface area contributed by atoms with Gasteiger partial charge >= 0.3 is 0 Å². The van der Waals surface area contributed by atoms with Gasteiger partial charge in [0.05, 0.1) is 12.2 Å². The summed E-state index contributed by atoms with van der Waals surface area (Å²) in [6, 6.07) is 7.80. The molecule has 0 radical (unpaired) electrons. The Hall–Kier alpha value is -1.35. The highest BCUT2D eigenvalue weighted by Crippen LogP contribution is 2.24. The largest absolute Gasteiger partial charge is 0.372 e. The van der Waals surface area contributed by atoms with E-state index in [1.54, 1.807) is 6.92 Å². The van der Waals surface area contributed by atoms with Crippen molar-refractivity contribution in [3.63, 3.8) is 0 Å². The highest BCUT2D eigenvalue weighted by molar-refractivity contribution is 5.99. The number of ether oxygens (including phenoxy) is 1. The number of hydrogen-bond donors (Lipinski definition) is 0. The van der Waals surface area contributed by atoms with Gasteiger partial charge in [-0.05, 0) is 32.9 Å². The Labute approximate surface area is 102 Å². The van der Waals surface area contributed by atoms with E-state index in [4.69, 9.17) is 4.74 Å². The first-order valence-electron chi connectivity index (χ1n) is 6.08. The number of hydrogen-bond acceptors (Lipinski definition) is 3. The number of carbonyl (C=O) groups is 1. The second-order valence-electron chi connectivity index (χ2n) is 4.74. The molecule has 1 aliphatic heterocycles. The first kappa shape index (κ1) is 12.1. The van der Waals surface area contributed by atoms with Crippen molar-refractivity contribution in [3.8, 4) is 0 Å². The molecule has 0 bridgehead atoms. The van der Waals surface area contributed by atoms with Crippen LogP contribution < -0.4 is 4.90 Å². The maximum absolute atomic E-state index is 11.6. The summed E-state index contributed by atoms with van der Waals surface area (Å²) in [6.45, 7) is 7.44. The Morgan fingerprint density at radius 2 is 1.82 bits per heavy atom. The van der Waals surface area contributed by atoms with E-state index in [1.165, 1.54) is 0 Å². The number of Topliss-reactive ketones (excluding diaryl/α,β-unsaturated/α-hetero) is 1. The lowest BCUT2D eigenvalue weighted by molar-refractivity contribution is -0.00526. The van der Waals surface area contributed by atoms with E-state index < -0.39 is 0 Å². The molecule has 2 rings (SSSR count). The molecule has 0 spiro atoms. The van der Waals surface area contributed by atoms with Crippen molar-refractivity contribution < 1.29 is 9.53 Å². The van der Waals surface area contributed by atoms with Crippen molar-refractivity contribution in [1.29, 1.82) is 0 Å². The first-order chi connectivity index (χ1) is 8.08. The van der Waals surface area contributed by atoms with Crippen LogP contribution in [0.4, 0.5) is 5.69 Å². The van der Waals surface area contributed by atoms with Crippen LogP contribution in [-0.2, 0) is 4.74 Å². The molecule has 1 aromatic carbocycles. The smallest absolute Gasteiger partial charge is 0.161 e. The Bertz CT molecular complexity index is 406. The average Bonchev–Trinajstić information content (AvgIpc) is 2.27. The predicted molar refractivity (Wildman–Crippen MR) is 68.7 cm³/mol. The molecule has 2 atom stereocenters. The molecule has 0 amide bonds. The van der Waals surface area contributed by atoms with E-state index in [1.807, 2.05) is 24.3 Å². The summed E-state index contributed by atoms with van der Waals surface area (Å²) < 4.78 is 5.71. The van der Waals surface area contributed by atoms with Crippen LogP contribution in [-0.4, -0.2) is 31.1 Å². The zero-order valence-electron chi connectivity index (χ0n) is 10.6. The fourth-order valence-corrected chi connectivity index (χ4v) is 2.42. The molecule has 1 saturated heterocycles. The fourth-order valence-electron chi connectivity index (χ4n) is 2.42. The molecule has 92 valence electrons. The van der Waals surface area contributed by atoms with Gasteiger partial charge < -0.3 is 9.64 Å². The normalized spacial score (nSPS) is 24.8. The van der Waals surface area contributed by atoms with E-state index in [9.17, 15) is 4.79 Å². The number of benzene rings is 1. The van der Waals surface area contributed by atoms with Crippen LogP contribution in [0.25, 0.3) is 0 Å². The third-order valence-electron chi connectivity index (χ3n) is 3.04. The zero-order chi connectivity index (χ0) is 12.4. The van der Waals surface area contributed by atoms with Gasteiger partial charge in [-0.3, -0.25) is 4.79 Å². The first-order valence-corrected chi connectivity index (χ1v) is 6.08.